The number of rotatable bonds is 9. The Morgan fingerprint density at radius 1 is 0.750 bits per heavy atom. The Kier molecular flexibility index (Phi) is 9.82. The van der Waals surface area contributed by atoms with Crippen LogP contribution in [0.25, 0.3) is 11.3 Å². The SMILES string of the molecule is CCOC(=O)c1c(OCc2ccccc2)cc(Br)c2ncnn12.O=C(O)c1c(OCc2ccccc2)cc(Br)c2ncnn12. The zero-order valence-electron chi connectivity index (χ0n) is 23.1. The first-order valence-corrected chi connectivity index (χ1v) is 14.7. The summed E-state index contributed by atoms with van der Waals surface area (Å²) in [6.45, 7) is 2.62. The number of hydrogen-bond acceptors (Lipinski definition) is 9. The average molecular weight is 724 g/mol. The Hall–Kier alpha value is -4.82. The van der Waals surface area contributed by atoms with Gasteiger partial charge in [-0.1, -0.05) is 60.7 Å². The fourth-order valence-corrected chi connectivity index (χ4v) is 5.07. The van der Waals surface area contributed by atoms with Crippen LogP contribution in [0.5, 0.6) is 11.5 Å². The normalized spacial score (nSPS) is 10.7. The number of halogens is 2. The van der Waals surface area contributed by atoms with Gasteiger partial charge in [0.15, 0.2) is 34.2 Å². The van der Waals surface area contributed by atoms with Crippen LogP contribution in [0.4, 0.5) is 0 Å². The molecular formula is C30H24Br2N6O6. The van der Waals surface area contributed by atoms with Crippen molar-refractivity contribution in [2.45, 2.75) is 20.1 Å². The molecule has 0 aliphatic rings. The second-order valence-corrected chi connectivity index (χ2v) is 10.7. The maximum atomic E-state index is 12.3. The fraction of sp³-hybridized carbons (Fsp3) is 0.133. The summed E-state index contributed by atoms with van der Waals surface area (Å²) in [6, 6.07) is 22.5. The number of pyridine rings is 2. The van der Waals surface area contributed by atoms with Crippen LogP contribution in [0, 0.1) is 0 Å². The van der Waals surface area contributed by atoms with Gasteiger partial charge in [-0.25, -0.2) is 28.6 Å². The lowest BCUT2D eigenvalue weighted by Gasteiger charge is -2.13. The molecule has 0 aliphatic carbocycles. The number of carbonyl (C=O) groups excluding carboxylic acids is 1. The molecular weight excluding hydrogens is 700 g/mol. The molecule has 0 fully saturated rings. The Bertz CT molecular complexity index is 1910. The number of aromatic nitrogens is 6. The van der Waals surface area contributed by atoms with Crippen molar-refractivity contribution in [1.29, 1.82) is 0 Å². The van der Waals surface area contributed by atoms with Gasteiger partial charge in [0.25, 0.3) is 0 Å². The molecule has 0 radical (unpaired) electrons. The van der Waals surface area contributed by atoms with E-state index in [1.807, 2.05) is 60.7 Å². The minimum absolute atomic E-state index is 0.0540. The third kappa shape index (κ3) is 6.87. The smallest absolute Gasteiger partial charge is 0.360 e. The maximum Gasteiger partial charge on any atom is 0.360 e. The Morgan fingerprint density at radius 2 is 1.20 bits per heavy atom. The number of benzene rings is 2. The number of ether oxygens (including phenoxy) is 3. The summed E-state index contributed by atoms with van der Waals surface area (Å²) < 4.78 is 20.6. The molecule has 0 saturated carbocycles. The van der Waals surface area contributed by atoms with Crippen molar-refractivity contribution in [2.24, 2.45) is 0 Å². The van der Waals surface area contributed by atoms with Crippen LogP contribution in [-0.2, 0) is 18.0 Å². The topological polar surface area (TPSA) is 142 Å². The average Bonchev–Trinajstić information content (AvgIpc) is 3.72. The van der Waals surface area contributed by atoms with E-state index < -0.39 is 11.9 Å². The molecule has 0 spiro atoms. The van der Waals surface area contributed by atoms with Crippen LogP contribution in [0.15, 0.2) is 94.4 Å². The second-order valence-electron chi connectivity index (χ2n) is 8.98. The molecule has 4 aromatic heterocycles. The van der Waals surface area contributed by atoms with Gasteiger partial charge in [0.2, 0.25) is 0 Å². The summed E-state index contributed by atoms with van der Waals surface area (Å²) in [6.07, 6.45) is 2.68. The lowest BCUT2D eigenvalue weighted by atomic mass is 10.2. The molecule has 1 N–H and O–H groups in total. The molecule has 0 unspecified atom stereocenters. The molecule has 0 amide bonds. The monoisotopic (exact) mass is 722 g/mol. The van der Waals surface area contributed by atoms with Gasteiger partial charge >= 0.3 is 11.9 Å². The molecule has 2 aromatic carbocycles. The number of fused-ring (bicyclic) bond motifs is 2. The predicted molar refractivity (Wildman–Crippen MR) is 166 cm³/mol. The Labute approximate surface area is 267 Å². The van der Waals surface area contributed by atoms with Gasteiger partial charge in [-0.2, -0.15) is 10.2 Å². The van der Waals surface area contributed by atoms with Crippen molar-refractivity contribution < 1.29 is 28.9 Å². The number of carboxylic acid groups (broad SMARTS) is 1. The van der Waals surface area contributed by atoms with E-state index in [0.29, 0.717) is 32.6 Å². The summed E-state index contributed by atoms with van der Waals surface area (Å²) in [5, 5.41) is 17.4. The van der Waals surface area contributed by atoms with Gasteiger partial charge in [0.05, 0.1) is 15.6 Å². The molecule has 6 rings (SSSR count). The van der Waals surface area contributed by atoms with E-state index >= 15 is 0 Å². The van der Waals surface area contributed by atoms with Crippen molar-refractivity contribution in [2.75, 3.05) is 6.61 Å². The number of nitrogens with zero attached hydrogens (tertiary/aromatic N) is 6. The van der Waals surface area contributed by atoms with E-state index in [2.05, 4.69) is 52.0 Å². The van der Waals surface area contributed by atoms with Crippen molar-refractivity contribution >= 4 is 55.1 Å². The third-order valence-electron chi connectivity index (χ3n) is 6.07. The van der Waals surface area contributed by atoms with Crippen molar-refractivity contribution in [3.05, 3.63) is 117 Å². The molecule has 0 aliphatic heterocycles. The van der Waals surface area contributed by atoms with E-state index in [9.17, 15) is 14.7 Å². The first-order chi connectivity index (χ1) is 21.4. The molecule has 224 valence electrons. The highest BCUT2D eigenvalue weighted by Gasteiger charge is 2.22. The number of carboxylic acids is 1. The summed E-state index contributed by atoms with van der Waals surface area (Å²) in [7, 11) is 0. The van der Waals surface area contributed by atoms with Gasteiger partial charge in [0, 0.05) is 12.1 Å². The largest absolute Gasteiger partial charge is 0.486 e. The third-order valence-corrected chi connectivity index (χ3v) is 7.24. The standard InChI is InChI=1S/C16H14BrN3O3.C14H10BrN3O3/c1-2-22-16(21)14-13(23-9-11-6-4-3-5-7-11)8-12(17)15-18-10-19-20(14)15;15-10-6-11(21-7-9-4-2-1-3-5-9)12(14(19)20)18-13(10)16-8-17-18/h3-8,10H,2,9H2,1H3;1-6,8H,7H2,(H,19,20). The van der Waals surface area contributed by atoms with Crippen LogP contribution < -0.4 is 9.47 Å². The predicted octanol–water partition coefficient (Wildman–Crippen LogP) is 6.02. The molecule has 12 nitrogen and oxygen atoms in total. The molecule has 44 heavy (non-hydrogen) atoms. The van der Waals surface area contributed by atoms with E-state index in [1.165, 1.54) is 21.7 Å². The zero-order valence-corrected chi connectivity index (χ0v) is 26.3. The molecule has 6 aromatic rings. The van der Waals surface area contributed by atoms with Crippen LogP contribution in [0.1, 0.15) is 39.0 Å². The lowest BCUT2D eigenvalue weighted by molar-refractivity contribution is 0.0509. The molecule has 0 atom stereocenters. The summed E-state index contributed by atoms with van der Waals surface area (Å²) in [4.78, 5) is 31.9. The van der Waals surface area contributed by atoms with Crippen LogP contribution in [0.3, 0.4) is 0 Å². The van der Waals surface area contributed by atoms with Crippen molar-refractivity contribution in [1.82, 2.24) is 29.2 Å². The maximum absolute atomic E-state index is 12.3. The molecule has 0 bridgehead atoms. The quantitative estimate of drug-likeness (QED) is 0.176. The highest BCUT2D eigenvalue weighted by atomic mass is 79.9. The number of aromatic carboxylic acids is 1. The summed E-state index contributed by atoms with van der Waals surface area (Å²) >= 11 is 6.76. The van der Waals surface area contributed by atoms with Crippen LogP contribution in [0.2, 0.25) is 0 Å². The van der Waals surface area contributed by atoms with Gasteiger partial charge in [-0.15, -0.1) is 0 Å². The van der Waals surface area contributed by atoms with Gasteiger partial charge < -0.3 is 19.3 Å². The van der Waals surface area contributed by atoms with Gasteiger partial charge in [-0.05, 0) is 49.9 Å². The molecule has 4 heterocycles. The number of carbonyl (C=O) groups is 2. The summed E-state index contributed by atoms with van der Waals surface area (Å²) in [5.74, 6) is -1.01. The second kappa shape index (κ2) is 14.1. The van der Waals surface area contributed by atoms with Crippen LogP contribution in [-0.4, -0.2) is 52.8 Å². The fourth-order valence-electron chi connectivity index (χ4n) is 4.11. The van der Waals surface area contributed by atoms with Gasteiger partial charge in [-0.3, -0.25) is 0 Å². The highest BCUT2D eigenvalue weighted by molar-refractivity contribution is 9.11. The molecule has 14 heteroatoms. The lowest BCUT2D eigenvalue weighted by Crippen LogP contribution is -2.14. The van der Waals surface area contributed by atoms with Crippen LogP contribution >= 0.6 is 31.9 Å². The zero-order chi connectivity index (χ0) is 31.1. The van der Waals surface area contributed by atoms with E-state index in [1.54, 1.807) is 19.1 Å². The van der Waals surface area contributed by atoms with Gasteiger partial charge in [0.1, 0.15) is 25.9 Å². The summed E-state index contributed by atoms with van der Waals surface area (Å²) in [5.41, 5.74) is 3.07. The molecule has 0 saturated heterocycles. The first-order valence-electron chi connectivity index (χ1n) is 13.2. The Balaban J connectivity index is 0.000000175. The van der Waals surface area contributed by atoms with E-state index in [-0.39, 0.29) is 30.4 Å². The minimum atomic E-state index is -1.12. The number of hydrogen-bond donors (Lipinski definition) is 1. The van der Waals surface area contributed by atoms with E-state index in [4.69, 9.17) is 14.2 Å². The van der Waals surface area contributed by atoms with Crippen molar-refractivity contribution in [3.8, 4) is 11.5 Å². The minimum Gasteiger partial charge on any atom is -0.486 e. The van der Waals surface area contributed by atoms with E-state index in [0.717, 1.165) is 11.1 Å². The van der Waals surface area contributed by atoms with Crippen molar-refractivity contribution in [3.63, 3.8) is 0 Å². The number of esters is 1. The highest BCUT2D eigenvalue weighted by Crippen LogP contribution is 2.29. The Morgan fingerprint density at radius 3 is 1.66 bits per heavy atom. The first kappa shape index (κ1) is 30.6.